The van der Waals surface area contributed by atoms with Crippen molar-refractivity contribution in [3.05, 3.63) is 83.9 Å². The number of anilines is 4. The van der Waals surface area contributed by atoms with Gasteiger partial charge in [0.05, 0.1) is 5.52 Å². The van der Waals surface area contributed by atoms with E-state index in [2.05, 4.69) is 62.2 Å². The minimum Gasteiger partial charge on any atom is -0.340 e. The lowest BCUT2D eigenvalue weighted by molar-refractivity contribution is 0.953. The van der Waals surface area contributed by atoms with Crippen LogP contribution in [0.5, 0.6) is 0 Å². The molecule has 3 aromatic carbocycles. The van der Waals surface area contributed by atoms with Crippen molar-refractivity contribution in [1.82, 2.24) is 15.2 Å². The summed E-state index contributed by atoms with van der Waals surface area (Å²) in [5, 5.41) is 17.6. The maximum Gasteiger partial charge on any atom is 0.161 e. The average Bonchev–Trinajstić information content (AvgIpc) is 3.22. The van der Waals surface area contributed by atoms with Gasteiger partial charge < -0.3 is 10.6 Å². The van der Waals surface area contributed by atoms with Crippen LogP contribution in [-0.4, -0.2) is 27.9 Å². The lowest BCUT2D eigenvalue weighted by Crippen LogP contribution is -2.04. The summed E-state index contributed by atoms with van der Waals surface area (Å²) < 4.78 is 0. The van der Waals surface area contributed by atoms with E-state index in [0.29, 0.717) is 0 Å². The number of hydrogen-bond acceptors (Lipinski definition) is 5. The minimum absolute atomic E-state index is 0.762. The molecule has 0 radical (unpaired) electrons. The molecule has 3 heterocycles. The fourth-order valence-corrected chi connectivity index (χ4v) is 4.05. The number of pyridine rings is 1. The van der Waals surface area contributed by atoms with Crippen LogP contribution in [0.1, 0.15) is 11.1 Å². The highest BCUT2D eigenvalue weighted by atomic mass is 15.2. The molecule has 0 amide bonds. The molecule has 0 saturated carbocycles. The third-order valence-corrected chi connectivity index (χ3v) is 5.60. The molecule has 1 aliphatic heterocycles. The van der Waals surface area contributed by atoms with E-state index in [1.807, 2.05) is 42.6 Å². The standard InChI is InChI=1S/C25H20N6/c1-2-6-20-17(5-1)14-23(27-19-10-9-18-15-26-12-11-16(18)13-19)28-24(20)29-25-21-7-3-4-8-22(21)30-31-25/h1-10,13-15H,11-12H2,(H3,27,28,29,30,31). The normalized spacial score (nSPS) is 12.8. The molecule has 2 aromatic heterocycles. The van der Waals surface area contributed by atoms with Crippen molar-refractivity contribution < 1.29 is 0 Å². The molecule has 0 aliphatic carbocycles. The molecule has 3 N–H and O–H groups in total. The number of benzene rings is 3. The van der Waals surface area contributed by atoms with Gasteiger partial charge in [0.25, 0.3) is 0 Å². The average molecular weight is 404 g/mol. The minimum atomic E-state index is 0.762. The summed E-state index contributed by atoms with van der Waals surface area (Å²) in [5.74, 6) is 2.31. The van der Waals surface area contributed by atoms with E-state index < -0.39 is 0 Å². The Morgan fingerprint density at radius 1 is 0.806 bits per heavy atom. The van der Waals surface area contributed by atoms with Gasteiger partial charge in [-0.15, -0.1) is 0 Å². The fraction of sp³-hybridized carbons (Fsp3) is 0.0800. The van der Waals surface area contributed by atoms with Crippen LogP contribution in [0.2, 0.25) is 0 Å². The van der Waals surface area contributed by atoms with Crippen molar-refractivity contribution in [2.45, 2.75) is 6.42 Å². The molecule has 150 valence electrons. The van der Waals surface area contributed by atoms with Crippen LogP contribution in [-0.2, 0) is 6.42 Å². The molecule has 0 unspecified atom stereocenters. The number of fused-ring (bicyclic) bond motifs is 3. The lowest BCUT2D eigenvalue weighted by Gasteiger charge is -2.14. The van der Waals surface area contributed by atoms with Gasteiger partial charge >= 0.3 is 0 Å². The molecule has 0 atom stereocenters. The van der Waals surface area contributed by atoms with Crippen LogP contribution in [0.4, 0.5) is 23.1 Å². The number of hydrogen-bond donors (Lipinski definition) is 3. The topological polar surface area (TPSA) is 78.0 Å². The Bertz CT molecular complexity index is 1450. The summed E-state index contributed by atoms with van der Waals surface area (Å²) >= 11 is 0. The SMILES string of the molecule is C1=NCCc2cc(Nc3cc4ccccc4c(Nc4n[nH]c5ccccc45)n3)ccc21. The van der Waals surface area contributed by atoms with Gasteiger partial charge in [0.1, 0.15) is 11.6 Å². The van der Waals surface area contributed by atoms with Gasteiger partial charge in [-0.3, -0.25) is 10.1 Å². The Morgan fingerprint density at radius 3 is 2.65 bits per heavy atom. The Labute approximate surface area is 179 Å². The number of aromatic amines is 1. The second-order valence-corrected chi connectivity index (χ2v) is 7.64. The number of para-hydroxylation sites is 1. The molecule has 5 aromatic rings. The number of nitrogens with one attached hydrogen (secondary N) is 3. The van der Waals surface area contributed by atoms with Gasteiger partial charge in [-0.25, -0.2) is 4.98 Å². The van der Waals surface area contributed by atoms with Crippen LogP contribution < -0.4 is 10.6 Å². The van der Waals surface area contributed by atoms with Crippen molar-refractivity contribution in [2.75, 3.05) is 17.2 Å². The smallest absolute Gasteiger partial charge is 0.161 e. The molecule has 0 fully saturated rings. The van der Waals surface area contributed by atoms with E-state index in [0.717, 1.165) is 57.8 Å². The predicted molar refractivity (Wildman–Crippen MR) is 127 cm³/mol. The van der Waals surface area contributed by atoms with Crippen LogP contribution in [0, 0.1) is 0 Å². The van der Waals surface area contributed by atoms with Crippen molar-refractivity contribution >= 4 is 51.0 Å². The molecule has 0 bridgehead atoms. The second kappa shape index (κ2) is 7.25. The van der Waals surface area contributed by atoms with Crippen molar-refractivity contribution in [3.8, 4) is 0 Å². The van der Waals surface area contributed by atoms with E-state index in [9.17, 15) is 0 Å². The molecule has 6 nitrogen and oxygen atoms in total. The van der Waals surface area contributed by atoms with Crippen LogP contribution >= 0.6 is 0 Å². The zero-order valence-corrected chi connectivity index (χ0v) is 16.8. The quantitative estimate of drug-likeness (QED) is 0.366. The van der Waals surface area contributed by atoms with Crippen LogP contribution in [0.15, 0.2) is 77.8 Å². The summed E-state index contributed by atoms with van der Waals surface area (Å²) in [4.78, 5) is 9.25. The Balaban J connectivity index is 1.40. The van der Waals surface area contributed by atoms with E-state index in [-0.39, 0.29) is 0 Å². The monoisotopic (exact) mass is 404 g/mol. The number of H-pyrrole nitrogens is 1. The zero-order valence-electron chi connectivity index (χ0n) is 16.8. The van der Waals surface area contributed by atoms with E-state index in [1.54, 1.807) is 0 Å². The molecular formula is C25H20N6. The first-order valence-corrected chi connectivity index (χ1v) is 10.3. The molecule has 6 heteroatoms. The van der Waals surface area contributed by atoms with Crippen molar-refractivity contribution in [1.29, 1.82) is 0 Å². The van der Waals surface area contributed by atoms with Gasteiger partial charge in [0.2, 0.25) is 0 Å². The Kier molecular flexibility index (Phi) is 4.13. The van der Waals surface area contributed by atoms with Crippen LogP contribution in [0.3, 0.4) is 0 Å². The zero-order chi connectivity index (χ0) is 20.6. The van der Waals surface area contributed by atoms with E-state index in [4.69, 9.17) is 4.98 Å². The maximum atomic E-state index is 4.89. The summed E-state index contributed by atoms with van der Waals surface area (Å²) in [6.07, 6.45) is 2.92. The number of aliphatic imine (C=N–C) groups is 1. The van der Waals surface area contributed by atoms with Crippen molar-refractivity contribution in [3.63, 3.8) is 0 Å². The van der Waals surface area contributed by atoms with Gasteiger partial charge in [-0.2, -0.15) is 5.10 Å². The lowest BCUT2D eigenvalue weighted by atomic mass is 10.0. The summed E-state index contributed by atoms with van der Waals surface area (Å²) in [7, 11) is 0. The number of aromatic nitrogens is 3. The van der Waals surface area contributed by atoms with Gasteiger partial charge in [0, 0.05) is 29.2 Å². The first kappa shape index (κ1) is 17.7. The molecule has 1 aliphatic rings. The highest BCUT2D eigenvalue weighted by molar-refractivity contribution is 5.98. The molecule has 31 heavy (non-hydrogen) atoms. The first-order valence-electron chi connectivity index (χ1n) is 10.3. The van der Waals surface area contributed by atoms with E-state index >= 15 is 0 Å². The Hall–Kier alpha value is -4.19. The first-order chi connectivity index (χ1) is 15.3. The van der Waals surface area contributed by atoms with Gasteiger partial charge in [0.15, 0.2) is 5.82 Å². The summed E-state index contributed by atoms with van der Waals surface area (Å²) in [6.45, 7) is 0.844. The number of rotatable bonds is 4. The third kappa shape index (κ3) is 3.28. The maximum absolute atomic E-state index is 4.89. The number of nitrogens with zero attached hydrogens (tertiary/aromatic N) is 3. The molecule has 0 saturated heterocycles. The van der Waals surface area contributed by atoms with Crippen molar-refractivity contribution in [2.24, 2.45) is 4.99 Å². The highest BCUT2D eigenvalue weighted by Gasteiger charge is 2.12. The Morgan fingerprint density at radius 2 is 1.68 bits per heavy atom. The summed E-state index contributed by atoms with van der Waals surface area (Å²) in [6, 6.07) is 24.7. The fourth-order valence-electron chi connectivity index (χ4n) is 4.05. The van der Waals surface area contributed by atoms with Gasteiger partial charge in [-0.05, 0) is 53.3 Å². The highest BCUT2D eigenvalue weighted by Crippen LogP contribution is 2.31. The van der Waals surface area contributed by atoms with Crippen LogP contribution in [0.25, 0.3) is 21.7 Å². The molecular weight excluding hydrogens is 384 g/mol. The van der Waals surface area contributed by atoms with Gasteiger partial charge in [-0.1, -0.05) is 42.5 Å². The van der Waals surface area contributed by atoms with E-state index in [1.165, 1.54) is 11.1 Å². The second-order valence-electron chi connectivity index (χ2n) is 7.64. The summed E-state index contributed by atoms with van der Waals surface area (Å²) in [5.41, 5.74) is 4.51. The molecule has 0 spiro atoms. The third-order valence-electron chi connectivity index (χ3n) is 5.60. The largest absolute Gasteiger partial charge is 0.340 e. The molecule has 6 rings (SSSR count). The predicted octanol–water partition coefficient (Wildman–Crippen LogP) is 5.57.